The van der Waals surface area contributed by atoms with Gasteiger partial charge in [0.05, 0.1) is 10.7 Å². The van der Waals surface area contributed by atoms with Crippen LogP contribution in [0.1, 0.15) is 35.0 Å². The molecule has 1 aromatic carbocycles. The molecule has 0 unspecified atom stereocenters. The Morgan fingerprint density at radius 2 is 2.18 bits per heavy atom. The van der Waals surface area contributed by atoms with Gasteiger partial charge in [-0.2, -0.15) is 5.26 Å². The van der Waals surface area contributed by atoms with E-state index < -0.39 is 0 Å². The summed E-state index contributed by atoms with van der Waals surface area (Å²) in [5, 5.41) is 14.9. The molecule has 0 saturated heterocycles. The first-order chi connectivity index (χ1) is 10.8. The predicted molar refractivity (Wildman–Crippen MR) is 86.0 cm³/mol. The minimum absolute atomic E-state index is 0.0866. The third-order valence-corrected chi connectivity index (χ3v) is 4.44. The number of carbonyl (C=O) groups is 1. The van der Waals surface area contributed by atoms with Gasteiger partial charge in [0.1, 0.15) is 11.6 Å². The summed E-state index contributed by atoms with van der Waals surface area (Å²) in [6.45, 7) is 0.406. The topological polar surface area (TPSA) is 65.8 Å². The molecule has 0 bridgehead atoms. The Kier molecular flexibility index (Phi) is 4.31. The molecule has 22 heavy (non-hydrogen) atoms. The van der Waals surface area contributed by atoms with E-state index >= 15 is 0 Å². The van der Waals surface area contributed by atoms with Gasteiger partial charge < -0.3 is 5.32 Å². The number of benzene rings is 1. The van der Waals surface area contributed by atoms with E-state index in [9.17, 15) is 10.1 Å². The van der Waals surface area contributed by atoms with E-state index in [1.165, 1.54) is 12.8 Å². The lowest BCUT2D eigenvalue weighted by atomic mass is 10.2. The Hall–Kier alpha value is -2.45. The number of aromatic nitrogens is 1. The van der Waals surface area contributed by atoms with Crippen molar-refractivity contribution in [3.05, 3.63) is 57.6 Å². The zero-order valence-corrected chi connectivity index (χ0v) is 12.8. The highest BCUT2D eigenvalue weighted by Gasteiger charge is 2.26. The highest BCUT2D eigenvalue weighted by Crippen LogP contribution is 2.41. The fourth-order valence-electron chi connectivity index (χ4n) is 2.05. The van der Waals surface area contributed by atoms with Crippen molar-refractivity contribution in [3.63, 3.8) is 0 Å². The molecular formula is C17H15N3OS. The Bertz CT molecular complexity index is 739. The minimum atomic E-state index is -0.368. The van der Waals surface area contributed by atoms with E-state index in [4.69, 9.17) is 0 Å². The van der Waals surface area contributed by atoms with Gasteiger partial charge in [-0.05, 0) is 24.5 Å². The maximum Gasteiger partial charge on any atom is 0.262 e. The lowest BCUT2D eigenvalue weighted by Crippen LogP contribution is -2.23. The summed E-state index contributed by atoms with van der Waals surface area (Å²) in [5.41, 5.74) is 1.78. The predicted octanol–water partition coefficient (Wildman–Crippen LogP) is 3.24. The molecule has 1 amide bonds. The molecule has 2 aromatic rings. The average Bonchev–Trinajstić information content (AvgIpc) is 3.30. The van der Waals surface area contributed by atoms with Crippen LogP contribution in [0.3, 0.4) is 0 Å². The molecule has 0 radical (unpaired) electrons. The smallest absolute Gasteiger partial charge is 0.262 e. The van der Waals surface area contributed by atoms with Crippen molar-refractivity contribution in [2.75, 3.05) is 0 Å². The minimum Gasteiger partial charge on any atom is -0.347 e. The molecular weight excluding hydrogens is 294 g/mol. The average molecular weight is 309 g/mol. The number of hydrogen-bond acceptors (Lipinski definition) is 4. The molecule has 1 N–H and O–H groups in total. The van der Waals surface area contributed by atoms with E-state index in [0.29, 0.717) is 18.2 Å². The summed E-state index contributed by atoms with van der Waals surface area (Å²) in [4.78, 5) is 16.6. The van der Waals surface area contributed by atoms with Crippen LogP contribution < -0.4 is 5.32 Å². The molecule has 0 spiro atoms. The summed E-state index contributed by atoms with van der Waals surface area (Å²) < 4.78 is 0. The summed E-state index contributed by atoms with van der Waals surface area (Å²) in [6.07, 6.45) is 3.95. The Labute approximate surface area is 133 Å². The van der Waals surface area contributed by atoms with E-state index in [0.717, 1.165) is 10.6 Å². The van der Waals surface area contributed by atoms with Crippen molar-refractivity contribution in [1.82, 2.24) is 10.3 Å². The largest absolute Gasteiger partial charge is 0.347 e. The summed E-state index contributed by atoms with van der Waals surface area (Å²) in [6, 6.07) is 11.6. The third kappa shape index (κ3) is 3.60. The SMILES string of the molecule is N#C/C(=C/c1csc(C2CC2)n1)C(=O)NCc1ccccc1. The van der Waals surface area contributed by atoms with Crippen LogP contribution in [0.4, 0.5) is 0 Å². The molecule has 1 aliphatic carbocycles. The van der Waals surface area contributed by atoms with Crippen LogP contribution in [0, 0.1) is 11.3 Å². The van der Waals surface area contributed by atoms with Crippen LogP contribution in [0.2, 0.25) is 0 Å². The fourth-order valence-corrected chi connectivity index (χ4v) is 3.00. The number of amides is 1. The molecule has 4 nitrogen and oxygen atoms in total. The van der Waals surface area contributed by atoms with E-state index in [-0.39, 0.29) is 11.5 Å². The molecule has 1 aromatic heterocycles. The third-order valence-electron chi connectivity index (χ3n) is 3.42. The van der Waals surface area contributed by atoms with Gasteiger partial charge >= 0.3 is 0 Å². The van der Waals surface area contributed by atoms with Gasteiger partial charge in [-0.15, -0.1) is 11.3 Å². The van der Waals surface area contributed by atoms with E-state index in [1.807, 2.05) is 41.8 Å². The molecule has 1 saturated carbocycles. The maximum atomic E-state index is 12.1. The molecule has 0 aliphatic heterocycles. The van der Waals surface area contributed by atoms with Gasteiger partial charge in [-0.1, -0.05) is 30.3 Å². The Morgan fingerprint density at radius 3 is 2.86 bits per heavy atom. The molecule has 3 rings (SSSR count). The number of rotatable bonds is 5. The van der Waals surface area contributed by atoms with Crippen LogP contribution in [0.25, 0.3) is 6.08 Å². The zero-order valence-electron chi connectivity index (χ0n) is 12.0. The van der Waals surface area contributed by atoms with Gasteiger partial charge in [0.25, 0.3) is 5.91 Å². The van der Waals surface area contributed by atoms with Gasteiger partial charge in [-0.3, -0.25) is 4.79 Å². The number of nitrogens with one attached hydrogen (secondary N) is 1. The second-order valence-corrected chi connectivity index (χ2v) is 6.11. The van der Waals surface area contributed by atoms with Gasteiger partial charge in [0.2, 0.25) is 0 Å². The number of hydrogen-bond donors (Lipinski definition) is 1. The van der Waals surface area contributed by atoms with Crippen LogP contribution in [-0.4, -0.2) is 10.9 Å². The van der Waals surface area contributed by atoms with Crippen LogP contribution in [0.15, 0.2) is 41.3 Å². The second kappa shape index (κ2) is 6.54. The van der Waals surface area contributed by atoms with E-state index in [1.54, 1.807) is 17.4 Å². The maximum absolute atomic E-state index is 12.1. The molecule has 110 valence electrons. The number of nitriles is 1. The summed E-state index contributed by atoms with van der Waals surface area (Å²) >= 11 is 1.60. The summed E-state index contributed by atoms with van der Waals surface area (Å²) in [5.74, 6) is 0.219. The molecule has 5 heteroatoms. The summed E-state index contributed by atoms with van der Waals surface area (Å²) in [7, 11) is 0. The second-order valence-electron chi connectivity index (χ2n) is 5.22. The van der Waals surface area contributed by atoms with Crippen molar-refractivity contribution in [2.24, 2.45) is 0 Å². The fraction of sp³-hybridized carbons (Fsp3) is 0.235. The quantitative estimate of drug-likeness (QED) is 0.681. The van der Waals surface area contributed by atoms with Crippen LogP contribution >= 0.6 is 11.3 Å². The van der Waals surface area contributed by atoms with Crippen molar-refractivity contribution >= 4 is 23.3 Å². The highest BCUT2D eigenvalue weighted by molar-refractivity contribution is 7.09. The van der Waals surface area contributed by atoms with Crippen molar-refractivity contribution in [2.45, 2.75) is 25.3 Å². The van der Waals surface area contributed by atoms with E-state index in [2.05, 4.69) is 10.3 Å². The monoisotopic (exact) mass is 309 g/mol. The van der Waals surface area contributed by atoms with Crippen molar-refractivity contribution in [3.8, 4) is 6.07 Å². The molecule has 1 fully saturated rings. The number of carbonyl (C=O) groups excluding carboxylic acids is 1. The standard InChI is InChI=1S/C17H15N3OS/c18-9-14(8-15-11-22-17(20-15)13-6-7-13)16(21)19-10-12-4-2-1-3-5-12/h1-5,8,11,13H,6-7,10H2,(H,19,21)/b14-8-. The Balaban J connectivity index is 1.65. The van der Waals surface area contributed by atoms with Crippen LogP contribution in [0.5, 0.6) is 0 Å². The normalized spacial score (nSPS) is 14.4. The Morgan fingerprint density at radius 1 is 1.41 bits per heavy atom. The van der Waals surface area contributed by atoms with Crippen molar-refractivity contribution in [1.29, 1.82) is 5.26 Å². The van der Waals surface area contributed by atoms with Crippen LogP contribution in [-0.2, 0) is 11.3 Å². The number of nitrogens with zero attached hydrogens (tertiary/aromatic N) is 2. The highest BCUT2D eigenvalue weighted by atomic mass is 32.1. The van der Waals surface area contributed by atoms with Gasteiger partial charge in [0, 0.05) is 17.8 Å². The molecule has 1 heterocycles. The number of thiazole rings is 1. The van der Waals surface area contributed by atoms with Gasteiger partial charge in [-0.25, -0.2) is 4.98 Å². The molecule has 1 aliphatic rings. The zero-order chi connectivity index (χ0) is 15.4. The lowest BCUT2D eigenvalue weighted by Gasteiger charge is -2.03. The first-order valence-electron chi connectivity index (χ1n) is 7.15. The lowest BCUT2D eigenvalue weighted by molar-refractivity contribution is -0.117. The first-order valence-corrected chi connectivity index (χ1v) is 8.03. The first kappa shape index (κ1) is 14.5. The molecule has 0 atom stereocenters. The van der Waals surface area contributed by atoms with Gasteiger partial charge in [0.15, 0.2) is 0 Å². The van der Waals surface area contributed by atoms with Crippen molar-refractivity contribution < 1.29 is 4.79 Å².